The molecule has 0 bridgehead atoms. The van der Waals surface area contributed by atoms with E-state index >= 15 is 0 Å². The number of hydrogen-bond acceptors (Lipinski definition) is 4. The first-order valence-electron chi connectivity index (χ1n) is 12.0. The van der Waals surface area contributed by atoms with Gasteiger partial charge in [-0.1, -0.05) is 48.0 Å². The van der Waals surface area contributed by atoms with Gasteiger partial charge < -0.3 is 10.2 Å². The molecule has 7 nitrogen and oxygen atoms in total. The third-order valence-electron chi connectivity index (χ3n) is 5.69. The topological polar surface area (TPSA) is 86.8 Å². The zero-order valence-electron chi connectivity index (χ0n) is 21.7. The number of amides is 2. The van der Waals surface area contributed by atoms with E-state index < -0.39 is 34.1 Å². The summed E-state index contributed by atoms with van der Waals surface area (Å²) in [4.78, 5) is 28.4. The normalized spacial score (nSPS) is 12.5. The van der Waals surface area contributed by atoms with Crippen molar-refractivity contribution in [3.05, 3.63) is 93.0 Å². The van der Waals surface area contributed by atoms with Crippen LogP contribution < -0.4 is 9.62 Å². The van der Waals surface area contributed by atoms with Gasteiger partial charge in [-0.25, -0.2) is 8.42 Å². The van der Waals surface area contributed by atoms with Crippen molar-refractivity contribution in [1.29, 1.82) is 0 Å². The fraction of sp³-hybridized carbons (Fsp3) is 0.286. The van der Waals surface area contributed by atoms with E-state index in [0.29, 0.717) is 16.3 Å². The molecule has 2 amide bonds. The Balaban J connectivity index is 2.03. The number of anilines is 1. The minimum atomic E-state index is -4.09. The molecular weight excluding hydrogens is 637 g/mol. The van der Waals surface area contributed by atoms with Crippen LogP contribution in [0.15, 0.2) is 83.8 Å². The van der Waals surface area contributed by atoms with Gasteiger partial charge in [0.2, 0.25) is 11.8 Å². The van der Waals surface area contributed by atoms with Gasteiger partial charge in [0.15, 0.2) is 0 Å². The van der Waals surface area contributed by atoms with Gasteiger partial charge in [-0.2, -0.15) is 0 Å². The molecule has 3 rings (SSSR count). The maximum Gasteiger partial charge on any atom is 0.264 e. The molecule has 0 aliphatic rings. The van der Waals surface area contributed by atoms with Crippen molar-refractivity contribution in [2.75, 3.05) is 10.8 Å². The maximum absolute atomic E-state index is 13.9. The summed E-state index contributed by atoms with van der Waals surface area (Å²) in [6.45, 7) is 6.70. The quantitative estimate of drug-likeness (QED) is 0.307. The molecule has 10 heteroatoms. The highest BCUT2D eigenvalue weighted by atomic mass is 127. The Bertz CT molecular complexity index is 1380. The van der Waals surface area contributed by atoms with Gasteiger partial charge in [0.05, 0.1) is 10.6 Å². The first-order valence-corrected chi connectivity index (χ1v) is 14.9. The van der Waals surface area contributed by atoms with Gasteiger partial charge in [0, 0.05) is 20.7 Å². The predicted octanol–water partition coefficient (Wildman–Crippen LogP) is 5.47. The van der Waals surface area contributed by atoms with E-state index in [-0.39, 0.29) is 17.3 Å². The van der Waals surface area contributed by atoms with Crippen LogP contribution in [0.3, 0.4) is 0 Å². The summed E-state index contributed by atoms with van der Waals surface area (Å²) < 4.78 is 29.5. The zero-order valence-corrected chi connectivity index (χ0v) is 25.4. The molecule has 0 heterocycles. The highest BCUT2D eigenvalue weighted by Crippen LogP contribution is 2.26. The Kier molecular flexibility index (Phi) is 9.83. The molecule has 1 unspecified atom stereocenters. The van der Waals surface area contributed by atoms with Crippen molar-refractivity contribution in [2.24, 2.45) is 0 Å². The van der Waals surface area contributed by atoms with Crippen LogP contribution in [0.25, 0.3) is 0 Å². The molecule has 38 heavy (non-hydrogen) atoms. The maximum atomic E-state index is 13.9. The molecular formula is C28H31ClIN3O4S. The molecule has 0 aromatic heterocycles. The number of carbonyl (C=O) groups is 2. The average molecular weight is 668 g/mol. The number of nitrogens with zero attached hydrogens (tertiary/aromatic N) is 2. The Hall–Kier alpha value is -2.63. The van der Waals surface area contributed by atoms with E-state index in [1.807, 2.05) is 20.8 Å². The van der Waals surface area contributed by atoms with Crippen LogP contribution in [0.1, 0.15) is 33.3 Å². The lowest BCUT2D eigenvalue weighted by atomic mass is 10.1. The number of benzene rings is 3. The van der Waals surface area contributed by atoms with Gasteiger partial charge in [-0.15, -0.1) is 0 Å². The predicted molar refractivity (Wildman–Crippen MR) is 159 cm³/mol. The van der Waals surface area contributed by atoms with Crippen LogP contribution in [-0.4, -0.2) is 43.3 Å². The van der Waals surface area contributed by atoms with Gasteiger partial charge in [-0.3, -0.25) is 13.9 Å². The number of rotatable bonds is 9. The van der Waals surface area contributed by atoms with Crippen LogP contribution in [-0.2, 0) is 26.2 Å². The molecule has 0 aliphatic carbocycles. The second-order valence-corrected chi connectivity index (χ2v) is 13.3. The van der Waals surface area contributed by atoms with E-state index in [2.05, 4.69) is 27.9 Å². The number of nitrogens with one attached hydrogen (secondary N) is 1. The standard InChI is InChI=1S/C28H31ClIN3O4S/c1-20(27(35)31-28(2,3)4)32(18-21-10-8-9-13-25(21)29)26(34)19-33(23-16-14-22(30)15-17-23)38(36,37)24-11-6-5-7-12-24/h5-17,20H,18-19H2,1-4H3,(H,31,35). The molecule has 0 saturated heterocycles. The summed E-state index contributed by atoms with van der Waals surface area (Å²) in [7, 11) is -4.09. The fourth-order valence-electron chi connectivity index (χ4n) is 3.72. The largest absolute Gasteiger partial charge is 0.350 e. The molecule has 1 atom stereocenters. The molecule has 0 spiro atoms. The summed E-state index contributed by atoms with van der Waals surface area (Å²) in [5.41, 5.74) is 0.464. The molecule has 3 aromatic carbocycles. The highest BCUT2D eigenvalue weighted by Gasteiger charge is 2.33. The number of carbonyl (C=O) groups excluding carboxylic acids is 2. The molecule has 0 radical (unpaired) electrons. The smallest absolute Gasteiger partial charge is 0.264 e. The van der Waals surface area contributed by atoms with E-state index in [4.69, 9.17) is 11.6 Å². The SMILES string of the molecule is CC(C(=O)NC(C)(C)C)N(Cc1ccccc1Cl)C(=O)CN(c1ccc(I)cc1)S(=O)(=O)c1ccccc1. The first-order chi connectivity index (χ1) is 17.8. The van der Waals surface area contributed by atoms with Crippen molar-refractivity contribution in [3.8, 4) is 0 Å². The van der Waals surface area contributed by atoms with Crippen molar-refractivity contribution in [2.45, 2.75) is 50.7 Å². The van der Waals surface area contributed by atoms with Crippen LogP contribution in [0.2, 0.25) is 5.02 Å². The van der Waals surface area contributed by atoms with Gasteiger partial charge in [-0.05, 0) is 98.3 Å². The summed E-state index contributed by atoms with van der Waals surface area (Å²) in [5, 5.41) is 3.35. The Morgan fingerprint density at radius 2 is 1.53 bits per heavy atom. The molecule has 0 saturated carbocycles. The number of halogens is 2. The van der Waals surface area contributed by atoms with E-state index in [0.717, 1.165) is 7.88 Å². The number of sulfonamides is 1. The monoisotopic (exact) mass is 667 g/mol. The molecule has 0 fully saturated rings. The number of hydrogen-bond donors (Lipinski definition) is 1. The van der Waals surface area contributed by atoms with E-state index in [1.54, 1.807) is 73.7 Å². The Morgan fingerprint density at radius 3 is 2.11 bits per heavy atom. The summed E-state index contributed by atoms with van der Waals surface area (Å²) in [6, 6.07) is 21.0. The first kappa shape index (κ1) is 29.9. The van der Waals surface area contributed by atoms with E-state index in [9.17, 15) is 18.0 Å². The zero-order chi connectivity index (χ0) is 28.1. The van der Waals surface area contributed by atoms with Crippen LogP contribution in [0.5, 0.6) is 0 Å². The lowest BCUT2D eigenvalue weighted by molar-refractivity contribution is -0.140. The summed E-state index contributed by atoms with van der Waals surface area (Å²) >= 11 is 8.52. The van der Waals surface area contributed by atoms with Crippen molar-refractivity contribution >= 4 is 61.7 Å². The highest BCUT2D eigenvalue weighted by molar-refractivity contribution is 14.1. The van der Waals surface area contributed by atoms with Crippen molar-refractivity contribution in [1.82, 2.24) is 10.2 Å². The lowest BCUT2D eigenvalue weighted by Gasteiger charge is -2.33. The molecule has 202 valence electrons. The third kappa shape index (κ3) is 7.70. The van der Waals surface area contributed by atoms with Crippen LogP contribution in [0, 0.1) is 3.57 Å². The lowest BCUT2D eigenvalue weighted by Crippen LogP contribution is -2.54. The fourth-order valence-corrected chi connectivity index (χ4v) is 5.71. The van der Waals surface area contributed by atoms with Gasteiger partial charge in [0.1, 0.15) is 12.6 Å². The minimum Gasteiger partial charge on any atom is -0.350 e. The second-order valence-electron chi connectivity index (χ2n) is 9.83. The minimum absolute atomic E-state index is 0.0309. The van der Waals surface area contributed by atoms with Gasteiger partial charge in [0.25, 0.3) is 10.0 Å². The van der Waals surface area contributed by atoms with Gasteiger partial charge >= 0.3 is 0 Å². The third-order valence-corrected chi connectivity index (χ3v) is 8.56. The Morgan fingerprint density at radius 1 is 0.947 bits per heavy atom. The van der Waals surface area contributed by atoms with Crippen molar-refractivity contribution < 1.29 is 18.0 Å². The summed E-state index contributed by atoms with van der Waals surface area (Å²) in [6.07, 6.45) is 0. The van der Waals surface area contributed by atoms with Crippen molar-refractivity contribution in [3.63, 3.8) is 0 Å². The molecule has 3 aromatic rings. The van der Waals surface area contributed by atoms with Crippen LogP contribution >= 0.6 is 34.2 Å². The average Bonchev–Trinajstić information content (AvgIpc) is 2.86. The van der Waals surface area contributed by atoms with Crippen LogP contribution in [0.4, 0.5) is 5.69 Å². The molecule has 1 N–H and O–H groups in total. The summed E-state index contributed by atoms with van der Waals surface area (Å²) in [5.74, 6) is -0.899. The second kappa shape index (κ2) is 12.5. The Labute approximate surface area is 243 Å². The van der Waals surface area contributed by atoms with E-state index in [1.165, 1.54) is 17.0 Å². The molecule has 0 aliphatic heterocycles.